The van der Waals surface area contributed by atoms with Crippen molar-refractivity contribution in [3.05, 3.63) is 0 Å². The summed E-state index contributed by atoms with van der Waals surface area (Å²) < 4.78 is 0. The van der Waals surface area contributed by atoms with Crippen molar-refractivity contribution in [1.82, 2.24) is 10.6 Å². The van der Waals surface area contributed by atoms with Gasteiger partial charge in [-0.1, -0.05) is 33.1 Å². The zero-order valence-corrected chi connectivity index (χ0v) is 10.9. The first kappa shape index (κ1) is 13.5. The van der Waals surface area contributed by atoms with Crippen molar-refractivity contribution >= 4 is 5.91 Å². The molecule has 3 unspecified atom stereocenters. The molecule has 0 heterocycles. The van der Waals surface area contributed by atoms with Crippen LogP contribution in [0, 0.1) is 11.8 Å². The lowest BCUT2D eigenvalue weighted by Crippen LogP contribution is -2.42. The highest BCUT2D eigenvalue weighted by Crippen LogP contribution is 2.26. The number of amides is 1. The monoisotopic (exact) mass is 226 g/mol. The Hall–Kier alpha value is -0.570. The fraction of sp³-hybridized carbons (Fsp3) is 0.923. The van der Waals surface area contributed by atoms with E-state index in [-0.39, 0.29) is 11.8 Å². The quantitative estimate of drug-likeness (QED) is 0.752. The molecule has 0 aromatic heterocycles. The first-order valence-electron chi connectivity index (χ1n) is 6.62. The molecule has 0 aromatic carbocycles. The minimum Gasteiger partial charge on any atom is -0.353 e. The molecule has 0 bridgehead atoms. The fourth-order valence-corrected chi connectivity index (χ4v) is 2.54. The Morgan fingerprint density at radius 3 is 2.81 bits per heavy atom. The average Bonchev–Trinajstić information content (AvgIpc) is 2.29. The molecule has 2 N–H and O–H groups in total. The van der Waals surface area contributed by atoms with Gasteiger partial charge in [-0.2, -0.15) is 0 Å². The SMILES string of the molecule is CCC1CCCC(NC(=O)C(C)CNC)C1. The predicted molar refractivity (Wildman–Crippen MR) is 67.3 cm³/mol. The number of nitrogens with one attached hydrogen (secondary N) is 2. The van der Waals surface area contributed by atoms with Gasteiger partial charge in [0.2, 0.25) is 5.91 Å². The maximum atomic E-state index is 11.8. The van der Waals surface area contributed by atoms with Gasteiger partial charge in [-0.25, -0.2) is 0 Å². The third-order valence-electron chi connectivity index (χ3n) is 3.66. The fourth-order valence-electron chi connectivity index (χ4n) is 2.54. The van der Waals surface area contributed by atoms with Crippen LogP contribution in [0.5, 0.6) is 0 Å². The molecule has 1 aliphatic carbocycles. The Balaban J connectivity index is 2.32. The van der Waals surface area contributed by atoms with E-state index in [0.717, 1.165) is 18.9 Å². The van der Waals surface area contributed by atoms with E-state index >= 15 is 0 Å². The summed E-state index contributed by atoms with van der Waals surface area (Å²) in [4.78, 5) is 11.8. The number of rotatable bonds is 5. The number of carbonyl (C=O) groups excluding carboxylic acids is 1. The predicted octanol–water partition coefficient (Wildman–Crippen LogP) is 1.93. The van der Waals surface area contributed by atoms with Crippen molar-refractivity contribution in [2.24, 2.45) is 11.8 Å². The Kier molecular flexibility index (Phi) is 5.81. The molecule has 0 aromatic rings. The Labute approximate surface area is 99.4 Å². The van der Waals surface area contributed by atoms with Crippen LogP contribution in [0.2, 0.25) is 0 Å². The molecule has 0 radical (unpaired) electrons. The van der Waals surface area contributed by atoms with Gasteiger partial charge in [-0.3, -0.25) is 4.79 Å². The second-order valence-corrected chi connectivity index (χ2v) is 5.11. The number of hydrogen-bond donors (Lipinski definition) is 2. The van der Waals surface area contributed by atoms with Gasteiger partial charge < -0.3 is 10.6 Å². The smallest absolute Gasteiger partial charge is 0.224 e. The molecule has 1 fully saturated rings. The largest absolute Gasteiger partial charge is 0.353 e. The topological polar surface area (TPSA) is 41.1 Å². The van der Waals surface area contributed by atoms with E-state index in [2.05, 4.69) is 17.6 Å². The van der Waals surface area contributed by atoms with Crippen LogP contribution in [-0.4, -0.2) is 25.5 Å². The van der Waals surface area contributed by atoms with E-state index in [1.165, 1.54) is 25.7 Å². The van der Waals surface area contributed by atoms with Crippen LogP contribution >= 0.6 is 0 Å². The average molecular weight is 226 g/mol. The third-order valence-corrected chi connectivity index (χ3v) is 3.66. The van der Waals surface area contributed by atoms with Crippen molar-refractivity contribution < 1.29 is 4.79 Å². The lowest BCUT2D eigenvalue weighted by Gasteiger charge is -2.29. The van der Waals surface area contributed by atoms with Gasteiger partial charge in [-0.05, 0) is 25.8 Å². The summed E-state index contributed by atoms with van der Waals surface area (Å²) >= 11 is 0. The van der Waals surface area contributed by atoms with E-state index in [9.17, 15) is 4.79 Å². The van der Waals surface area contributed by atoms with Crippen LogP contribution in [0.15, 0.2) is 0 Å². The van der Waals surface area contributed by atoms with Crippen LogP contribution in [0.4, 0.5) is 0 Å². The lowest BCUT2D eigenvalue weighted by molar-refractivity contribution is -0.125. The summed E-state index contributed by atoms with van der Waals surface area (Å²) in [5.74, 6) is 1.10. The van der Waals surface area contributed by atoms with Gasteiger partial charge in [0, 0.05) is 18.5 Å². The molecule has 3 atom stereocenters. The van der Waals surface area contributed by atoms with Crippen molar-refractivity contribution in [2.45, 2.75) is 52.0 Å². The van der Waals surface area contributed by atoms with Gasteiger partial charge >= 0.3 is 0 Å². The van der Waals surface area contributed by atoms with Crippen molar-refractivity contribution in [2.75, 3.05) is 13.6 Å². The molecule has 0 spiro atoms. The van der Waals surface area contributed by atoms with Crippen LogP contribution in [-0.2, 0) is 4.79 Å². The highest BCUT2D eigenvalue weighted by Gasteiger charge is 2.23. The second kappa shape index (κ2) is 6.89. The number of hydrogen-bond acceptors (Lipinski definition) is 2. The summed E-state index contributed by atoms with van der Waals surface area (Å²) in [6.07, 6.45) is 6.19. The zero-order valence-electron chi connectivity index (χ0n) is 10.9. The van der Waals surface area contributed by atoms with E-state index in [0.29, 0.717) is 6.04 Å². The highest BCUT2D eigenvalue weighted by molar-refractivity contribution is 5.78. The minimum absolute atomic E-state index is 0.0759. The summed E-state index contributed by atoms with van der Waals surface area (Å²) in [6.45, 7) is 4.99. The molecular formula is C13H26N2O. The molecule has 0 aliphatic heterocycles. The number of carbonyl (C=O) groups is 1. The van der Waals surface area contributed by atoms with Crippen LogP contribution in [0.25, 0.3) is 0 Å². The van der Waals surface area contributed by atoms with E-state index in [1.807, 2.05) is 14.0 Å². The van der Waals surface area contributed by atoms with E-state index < -0.39 is 0 Å². The molecule has 1 saturated carbocycles. The first-order chi connectivity index (χ1) is 7.67. The summed E-state index contributed by atoms with van der Waals surface area (Å²) in [5.41, 5.74) is 0. The molecule has 16 heavy (non-hydrogen) atoms. The van der Waals surface area contributed by atoms with Gasteiger partial charge in [-0.15, -0.1) is 0 Å². The van der Waals surface area contributed by atoms with Crippen molar-refractivity contribution in [3.8, 4) is 0 Å². The highest BCUT2D eigenvalue weighted by atomic mass is 16.1. The Bertz CT molecular complexity index is 218. The standard InChI is InChI=1S/C13H26N2O/c1-4-11-6-5-7-12(8-11)15-13(16)10(2)9-14-3/h10-12,14H,4-9H2,1-3H3,(H,15,16). The van der Waals surface area contributed by atoms with Crippen LogP contribution < -0.4 is 10.6 Å². The molecule has 1 rings (SSSR count). The Morgan fingerprint density at radius 1 is 1.44 bits per heavy atom. The minimum atomic E-state index is 0.0759. The van der Waals surface area contributed by atoms with Gasteiger partial charge in [0.1, 0.15) is 0 Å². The maximum Gasteiger partial charge on any atom is 0.224 e. The molecule has 3 heteroatoms. The van der Waals surface area contributed by atoms with Crippen LogP contribution in [0.1, 0.15) is 46.0 Å². The van der Waals surface area contributed by atoms with Gasteiger partial charge in [0.05, 0.1) is 0 Å². The second-order valence-electron chi connectivity index (χ2n) is 5.11. The summed E-state index contributed by atoms with van der Waals surface area (Å²) in [7, 11) is 1.89. The van der Waals surface area contributed by atoms with Crippen molar-refractivity contribution in [3.63, 3.8) is 0 Å². The van der Waals surface area contributed by atoms with Gasteiger partial charge in [0.15, 0.2) is 0 Å². The van der Waals surface area contributed by atoms with Gasteiger partial charge in [0.25, 0.3) is 0 Å². The van der Waals surface area contributed by atoms with Crippen LogP contribution in [0.3, 0.4) is 0 Å². The first-order valence-corrected chi connectivity index (χ1v) is 6.62. The molecule has 1 aliphatic rings. The third kappa shape index (κ3) is 4.12. The molecule has 1 amide bonds. The van der Waals surface area contributed by atoms with E-state index in [4.69, 9.17) is 0 Å². The molecule has 3 nitrogen and oxygen atoms in total. The zero-order chi connectivity index (χ0) is 12.0. The molecular weight excluding hydrogens is 200 g/mol. The maximum absolute atomic E-state index is 11.8. The molecule has 0 saturated heterocycles. The summed E-state index contributed by atoms with van der Waals surface area (Å²) in [6, 6.07) is 0.422. The van der Waals surface area contributed by atoms with Crippen molar-refractivity contribution in [1.29, 1.82) is 0 Å². The summed E-state index contributed by atoms with van der Waals surface area (Å²) in [5, 5.41) is 6.23. The Morgan fingerprint density at radius 2 is 2.19 bits per heavy atom. The van der Waals surface area contributed by atoms with E-state index in [1.54, 1.807) is 0 Å². The lowest BCUT2D eigenvalue weighted by atomic mass is 9.84. The molecule has 94 valence electrons. The normalized spacial score (nSPS) is 27.4.